The van der Waals surface area contributed by atoms with E-state index in [1.165, 1.54) is 5.56 Å². The zero-order valence-electron chi connectivity index (χ0n) is 11.2. The molecule has 0 saturated carbocycles. The molecule has 2 rings (SSSR count). The van der Waals surface area contributed by atoms with Gasteiger partial charge in [-0.15, -0.1) is 0 Å². The normalized spacial score (nSPS) is 10.7. The number of pyridine rings is 1. The van der Waals surface area contributed by atoms with Crippen molar-refractivity contribution < 1.29 is 9.53 Å². The molecule has 0 bridgehead atoms. The number of nitrogens with zero attached hydrogens (tertiary/aromatic N) is 1. The average Bonchev–Trinajstić information content (AvgIpc) is 2.37. The number of Topliss-reactive ketones (excluding diaryl/α,β-unsaturated/α-hetero) is 1. The first-order valence-electron chi connectivity index (χ1n) is 6.06. The predicted molar refractivity (Wildman–Crippen MR) is 72.4 cm³/mol. The monoisotopic (exact) mass is 243 g/mol. The van der Waals surface area contributed by atoms with E-state index in [-0.39, 0.29) is 5.78 Å². The Hall–Kier alpha value is -1.90. The van der Waals surface area contributed by atoms with Crippen LogP contribution in [-0.2, 0) is 6.42 Å². The van der Waals surface area contributed by atoms with Crippen LogP contribution in [0.2, 0.25) is 0 Å². The summed E-state index contributed by atoms with van der Waals surface area (Å²) in [6, 6.07) is 5.64. The number of methoxy groups -OCH3 is 1. The molecule has 1 aromatic carbocycles. The van der Waals surface area contributed by atoms with Crippen LogP contribution < -0.4 is 4.74 Å². The highest BCUT2D eigenvalue weighted by molar-refractivity contribution is 5.98. The van der Waals surface area contributed by atoms with E-state index in [1.54, 1.807) is 14.0 Å². The summed E-state index contributed by atoms with van der Waals surface area (Å²) in [5.74, 6) is 0.707. The smallest absolute Gasteiger partial charge is 0.217 e. The first-order valence-corrected chi connectivity index (χ1v) is 6.06. The van der Waals surface area contributed by atoms with Crippen LogP contribution in [-0.4, -0.2) is 17.9 Å². The van der Waals surface area contributed by atoms with Crippen LogP contribution >= 0.6 is 0 Å². The van der Waals surface area contributed by atoms with E-state index in [0.29, 0.717) is 11.4 Å². The van der Waals surface area contributed by atoms with Crippen molar-refractivity contribution in [2.24, 2.45) is 0 Å². The van der Waals surface area contributed by atoms with E-state index >= 15 is 0 Å². The van der Waals surface area contributed by atoms with Gasteiger partial charge >= 0.3 is 0 Å². The van der Waals surface area contributed by atoms with Crippen molar-refractivity contribution in [1.29, 1.82) is 0 Å². The van der Waals surface area contributed by atoms with E-state index in [0.717, 1.165) is 22.9 Å². The summed E-state index contributed by atoms with van der Waals surface area (Å²) in [5.41, 5.74) is 3.80. The Kier molecular flexibility index (Phi) is 3.32. The molecular formula is C15H17NO2. The number of ether oxygens (including phenoxy) is 1. The third kappa shape index (κ3) is 1.96. The van der Waals surface area contributed by atoms with Gasteiger partial charge in [0.1, 0.15) is 0 Å². The molecule has 1 heterocycles. The standard InChI is InChI=1S/C15H17NO2/c1-5-12-9(2)13-7-6-11(10(3)17)8-14(13)16-15(12)18-4/h6-8H,5H2,1-4H3. The van der Waals surface area contributed by atoms with E-state index in [9.17, 15) is 4.79 Å². The van der Waals surface area contributed by atoms with Crippen LogP contribution in [0.1, 0.15) is 35.3 Å². The Balaban J connectivity index is 2.77. The fourth-order valence-corrected chi connectivity index (χ4v) is 2.25. The van der Waals surface area contributed by atoms with E-state index in [4.69, 9.17) is 4.74 Å². The van der Waals surface area contributed by atoms with Gasteiger partial charge in [-0.05, 0) is 31.9 Å². The number of rotatable bonds is 3. The lowest BCUT2D eigenvalue weighted by Crippen LogP contribution is -2.00. The van der Waals surface area contributed by atoms with Crippen molar-refractivity contribution in [3.05, 3.63) is 34.9 Å². The molecule has 0 saturated heterocycles. The number of aromatic nitrogens is 1. The number of hydrogen-bond acceptors (Lipinski definition) is 3. The van der Waals surface area contributed by atoms with Crippen LogP contribution in [0, 0.1) is 6.92 Å². The molecule has 3 heteroatoms. The summed E-state index contributed by atoms with van der Waals surface area (Å²) in [6.45, 7) is 5.72. The minimum absolute atomic E-state index is 0.0508. The molecule has 0 N–H and O–H groups in total. The van der Waals surface area contributed by atoms with E-state index in [2.05, 4.69) is 18.8 Å². The molecule has 0 aliphatic heterocycles. The number of carbonyl (C=O) groups is 1. The fourth-order valence-electron chi connectivity index (χ4n) is 2.25. The SMILES string of the molecule is CCc1c(OC)nc2cc(C(C)=O)ccc2c1C. The Morgan fingerprint density at radius 1 is 1.39 bits per heavy atom. The summed E-state index contributed by atoms with van der Waals surface area (Å²) >= 11 is 0. The van der Waals surface area contributed by atoms with Crippen molar-refractivity contribution in [3.8, 4) is 5.88 Å². The molecule has 18 heavy (non-hydrogen) atoms. The molecule has 0 fully saturated rings. The average molecular weight is 243 g/mol. The van der Waals surface area contributed by atoms with Gasteiger partial charge in [-0.3, -0.25) is 4.79 Å². The number of hydrogen-bond donors (Lipinski definition) is 0. The number of carbonyl (C=O) groups excluding carboxylic acids is 1. The zero-order valence-corrected chi connectivity index (χ0v) is 11.2. The predicted octanol–water partition coefficient (Wildman–Crippen LogP) is 3.32. The molecule has 0 spiro atoms. The Bertz CT molecular complexity index is 617. The zero-order chi connectivity index (χ0) is 13.3. The molecule has 0 unspecified atom stereocenters. The Morgan fingerprint density at radius 2 is 2.11 bits per heavy atom. The highest BCUT2D eigenvalue weighted by Crippen LogP contribution is 2.28. The van der Waals surface area contributed by atoms with E-state index in [1.807, 2.05) is 18.2 Å². The van der Waals surface area contributed by atoms with Gasteiger partial charge in [-0.25, -0.2) is 4.98 Å². The molecule has 3 nitrogen and oxygen atoms in total. The quantitative estimate of drug-likeness (QED) is 0.776. The topological polar surface area (TPSA) is 39.2 Å². The molecular weight excluding hydrogens is 226 g/mol. The van der Waals surface area contributed by atoms with Crippen LogP contribution in [0.3, 0.4) is 0 Å². The minimum atomic E-state index is 0.0508. The molecule has 0 amide bonds. The highest BCUT2D eigenvalue weighted by Gasteiger charge is 2.12. The molecule has 0 aliphatic carbocycles. The van der Waals surface area contributed by atoms with Gasteiger partial charge in [0.2, 0.25) is 5.88 Å². The van der Waals surface area contributed by atoms with Crippen molar-refractivity contribution in [1.82, 2.24) is 4.98 Å². The van der Waals surface area contributed by atoms with Gasteiger partial charge in [0.15, 0.2) is 5.78 Å². The number of fused-ring (bicyclic) bond motifs is 1. The van der Waals surface area contributed by atoms with Gasteiger partial charge in [0.05, 0.1) is 12.6 Å². The Labute approximate surface area is 107 Å². The lowest BCUT2D eigenvalue weighted by atomic mass is 10.0. The third-order valence-corrected chi connectivity index (χ3v) is 3.29. The molecule has 1 aromatic heterocycles. The minimum Gasteiger partial charge on any atom is -0.481 e. The van der Waals surface area contributed by atoms with Crippen molar-refractivity contribution in [2.45, 2.75) is 27.2 Å². The summed E-state index contributed by atoms with van der Waals surface area (Å²) in [6.07, 6.45) is 0.881. The molecule has 2 aromatic rings. The maximum atomic E-state index is 11.4. The molecule has 0 aliphatic rings. The third-order valence-electron chi connectivity index (χ3n) is 3.29. The summed E-state index contributed by atoms with van der Waals surface area (Å²) in [4.78, 5) is 15.9. The maximum Gasteiger partial charge on any atom is 0.217 e. The lowest BCUT2D eigenvalue weighted by molar-refractivity contribution is 0.101. The van der Waals surface area contributed by atoms with Gasteiger partial charge in [0, 0.05) is 16.5 Å². The van der Waals surface area contributed by atoms with Crippen LogP contribution in [0.5, 0.6) is 5.88 Å². The number of benzene rings is 1. The van der Waals surface area contributed by atoms with Crippen molar-refractivity contribution >= 4 is 16.7 Å². The second-order valence-electron chi connectivity index (χ2n) is 4.37. The largest absolute Gasteiger partial charge is 0.481 e. The summed E-state index contributed by atoms with van der Waals surface area (Å²) in [7, 11) is 1.63. The van der Waals surface area contributed by atoms with Gasteiger partial charge in [0.25, 0.3) is 0 Å². The summed E-state index contributed by atoms with van der Waals surface area (Å²) in [5, 5.41) is 1.08. The Morgan fingerprint density at radius 3 is 2.67 bits per heavy atom. The van der Waals surface area contributed by atoms with Gasteiger partial charge < -0.3 is 4.74 Å². The van der Waals surface area contributed by atoms with Crippen LogP contribution in [0.4, 0.5) is 0 Å². The molecule has 94 valence electrons. The van der Waals surface area contributed by atoms with Crippen LogP contribution in [0.25, 0.3) is 10.9 Å². The fraction of sp³-hybridized carbons (Fsp3) is 0.333. The molecule has 0 radical (unpaired) electrons. The number of ketones is 1. The first-order chi connectivity index (χ1) is 8.58. The van der Waals surface area contributed by atoms with Gasteiger partial charge in [-0.1, -0.05) is 19.1 Å². The number of aryl methyl sites for hydroxylation is 1. The van der Waals surface area contributed by atoms with E-state index < -0.39 is 0 Å². The van der Waals surface area contributed by atoms with Crippen molar-refractivity contribution in [2.75, 3.05) is 7.11 Å². The summed E-state index contributed by atoms with van der Waals surface area (Å²) < 4.78 is 5.33. The maximum absolute atomic E-state index is 11.4. The lowest BCUT2D eigenvalue weighted by Gasteiger charge is -2.12. The van der Waals surface area contributed by atoms with Crippen LogP contribution in [0.15, 0.2) is 18.2 Å². The van der Waals surface area contributed by atoms with Crippen molar-refractivity contribution in [3.63, 3.8) is 0 Å². The second-order valence-corrected chi connectivity index (χ2v) is 4.37. The highest BCUT2D eigenvalue weighted by atomic mass is 16.5. The van der Waals surface area contributed by atoms with Gasteiger partial charge in [-0.2, -0.15) is 0 Å². The first kappa shape index (κ1) is 12.6. The second kappa shape index (κ2) is 4.77. The molecule has 0 atom stereocenters.